The third kappa shape index (κ3) is 4.86. The number of hydrogen-bond donors (Lipinski definition) is 3. The van der Waals surface area contributed by atoms with Gasteiger partial charge in [-0.2, -0.15) is 10.1 Å². The van der Waals surface area contributed by atoms with E-state index in [0.29, 0.717) is 48.3 Å². The van der Waals surface area contributed by atoms with Gasteiger partial charge in [-0.05, 0) is 44.6 Å². The molecule has 1 aliphatic rings. The number of nitrogens with one attached hydrogen (secondary N) is 1. The van der Waals surface area contributed by atoms with Crippen molar-refractivity contribution < 1.29 is 14.3 Å². The SMILES string of the molecule is CN(C)C(O)CCc1ccc2nc(N3CC(c4cnc(Nc5cnn(C)c5)c(C(N)=O)n4)C3)oc2c1. The molecular weight excluding hydrogens is 462 g/mol. The Bertz CT molecular complexity index is 1390. The molecule has 1 amide bonds. The molecule has 5 rings (SSSR count). The number of primary amides is 1. The van der Waals surface area contributed by atoms with Gasteiger partial charge in [-0.15, -0.1) is 0 Å². The van der Waals surface area contributed by atoms with Gasteiger partial charge in [0.15, 0.2) is 17.1 Å². The van der Waals surface area contributed by atoms with Crippen molar-refractivity contribution in [1.29, 1.82) is 0 Å². The van der Waals surface area contributed by atoms with Gasteiger partial charge in [0.1, 0.15) is 11.7 Å². The van der Waals surface area contributed by atoms with E-state index < -0.39 is 12.1 Å². The van der Waals surface area contributed by atoms with Crippen LogP contribution < -0.4 is 16.0 Å². The second-order valence-electron chi connectivity index (χ2n) is 9.27. The number of nitrogens with two attached hydrogens (primary N) is 1. The summed E-state index contributed by atoms with van der Waals surface area (Å²) >= 11 is 0. The number of oxazole rings is 1. The topological polar surface area (TPSA) is 151 Å². The predicted molar refractivity (Wildman–Crippen MR) is 134 cm³/mol. The van der Waals surface area contributed by atoms with Gasteiger partial charge in [0, 0.05) is 32.3 Å². The zero-order valence-corrected chi connectivity index (χ0v) is 20.4. The molecule has 1 aliphatic heterocycles. The lowest BCUT2D eigenvalue weighted by molar-refractivity contribution is 0.0338. The molecule has 4 heterocycles. The minimum atomic E-state index is -0.653. The fraction of sp³-hybridized carbons (Fsp3) is 0.375. The standard InChI is InChI=1S/C24H29N9O3/c1-31(2)20(34)7-5-14-4-6-17-19(8-14)36-24(30-17)33-11-15(12-33)18-10-26-23(21(29-18)22(25)35)28-16-9-27-32(3)13-16/h4,6,8-10,13,15,20,34H,5,7,11-12H2,1-3H3,(H2,25,35)(H,26,28). The van der Waals surface area contributed by atoms with E-state index in [0.717, 1.165) is 17.5 Å². The van der Waals surface area contributed by atoms with Gasteiger partial charge in [0.05, 0.1) is 23.8 Å². The molecule has 0 radical (unpaired) electrons. The number of carbonyl (C=O) groups is 1. The minimum absolute atomic E-state index is 0.0705. The molecule has 1 saturated heterocycles. The minimum Gasteiger partial charge on any atom is -0.423 e. The molecule has 0 saturated carbocycles. The lowest BCUT2D eigenvalue weighted by atomic mass is 9.97. The molecule has 12 nitrogen and oxygen atoms in total. The highest BCUT2D eigenvalue weighted by Crippen LogP contribution is 2.33. The first-order chi connectivity index (χ1) is 17.3. The second kappa shape index (κ2) is 9.55. The molecule has 36 heavy (non-hydrogen) atoms. The molecule has 188 valence electrons. The van der Waals surface area contributed by atoms with Crippen molar-refractivity contribution in [1.82, 2.24) is 29.6 Å². The van der Waals surface area contributed by atoms with Crippen LogP contribution in [-0.2, 0) is 13.5 Å². The molecule has 3 aromatic heterocycles. The normalized spacial score (nSPS) is 14.9. The summed E-state index contributed by atoms with van der Waals surface area (Å²) in [6.07, 6.45) is 5.94. The lowest BCUT2D eigenvalue weighted by Crippen LogP contribution is -2.45. The molecule has 4 aromatic rings. The number of hydrogen-bond acceptors (Lipinski definition) is 10. The number of aryl methyl sites for hydroxylation is 2. The Balaban J connectivity index is 1.25. The summed E-state index contributed by atoms with van der Waals surface area (Å²) in [7, 11) is 5.50. The summed E-state index contributed by atoms with van der Waals surface area (Å²) < 4.78 is 7.65. The first-order valence-corrected chi connectivity index (χ1v) is 11.7. The Kier molecular flexibility index (Phi) is 6.29. The Morgan fingerprint density at radius 2 is 2.11 bits per heavy atom. The maximum absolute atomic E-state index is 12.0. The van der Waals surface area contributed by atoms with E-state index in [9.17, 15) is 9.90 Å². The maximum atomic E-state index is 12.0. The Morgan fingerprint density at radius 3 is 2.81 bits per heavy atom. The molecule has 0 aliphatic carbocycles. The lowest BCUT2D eigenvalue weighted by Gasteiger charge is -2.37. The fourth-order valence-corrected chi connectivity index (χ4v) is 4.11. The molecular formula is C24H29N9O3. The van der Waals surface area contributed by atoms with Gasteiger partial charge in [-0.3, -0.25) is 14.4 Å². The zero-order valence-electron chi connectivity index (χ0n) is 20.4. The average Bonchev–Trinajstić information content (AvgIpc) is 3.42. The molecule has 12 heteroatoms. The number of nitrogens with zero attached hydrogens (tertiary/aromatic N) is 7. The molecule has 1 unspecified atom stereocenters. The second-order valence-corrected chi connectivity index (χ2v) is 9.27. The largest absolute Gasteiger partial charge is 0.423 e. The Morgan fingerprint density at radius 1 is 1.31 bits per heavy atom. The summed E-state index contributed by atoms with van der Waals surface area (Å²) in [5.74, 6) is -0.288. The maximum Gasteiger partial charge on any atom is 0.298 e. The summed E-state index contributed by atoms with van der Waals surface area (Å²) in [5.41, 5.74) is 9.62. The van der Waals surface area contributed by atoms with Crippen LogP contribution in [0.15, 0.2) is 41.2 Å². The summed E-state index contributed by atoms with van der Waals surface area (Å²) in [6.45, 7) is 1.27. The highest BCUT2D eigenvalue weighted by Gasteiger charge is 2.33. The van der Waals surface area contributed by atoms with Crippen LogP contribution >= 0.6 is 0 Å². The molecule has 1 atom stereocenters. The number of benzene rings is 1. The number of aliphatic hydroxyl groups is 1. The van der Waals surface area contributed by atoms with Crippen molar-refractivity contribution in [3.8, 4) is 0 Å². The fourth-order valence-electron chi connectivity index (χ4n) is 4.11. The highest BCUT2D eigenvalue weighted by molar-refractivity contribution is 5.96. The van der Waals surface area contributed by atoms with Crippen molar-refractivity contribution in [3.05, 3.63) is 53.7 Å². The molecule has 1 aromatic carbocycles. The van der Waals surface area contributed by atoms with Crippen molar-refractivity contribution in [2.75, 3.05) is 37.4 Å². The van der Waals surface area contributed by atoms with Gasteiger partial charge >= 0.3 is 0 Å². The number of amides is 1. The number of aliphatic hydroxyl groups excluding tert-OH is 1. The van der Waals surface area contributed by atoms with Crippen LogP contribution in [-0.4, -0.2) is 74.1 Å². The number of anilines is 3. The number of carbonyl (C=O) groups excluding carboxylic acids is 1. The molecule has 1 fully saturated rings. The third-order valence-corrected chi connectivity index (χ3v) is 6.29. The monoisotopic (exact) mass is 491 g/mol. The first kappa shape index (κ1) is 23.7. The van der Waals surface area contributed by atoms with Crippen LogP contribution in [0.1, 0.15) is 34.1 Å². The van der Waals surface area contributed by atoms with Crippen molar-refractivity contribution in [2.45, 2.75) is 25.0 Å². The number of rotatable bonds is 9. The molecule has 0 spiro atoms. The summed E-state index contributed by atoms with van der Waals surface area (Å²) in [4.78, 5) is 29.3. The number of fused-ring (bicyclic) bond motifs is 1. The van der Waals surface area contributed by atoms with Crippen LogP contribution in [0.3, 0.4) is 0 Å². The van der Waals surface area contributed by atoms with E-state index in [1.54, 1.807) is 35.2 Å². The first-order valence-electron chi connectivity index (χ1n) is 11.7. The third-order valence-electron chi connectivity index (χ3n) is 6.29. The summed E-state index contributed by atoms with van der Waals surface area (Å²) in [5, 5.41) is 17.1. The molecule has 0 bridgehead atoms. The Hall–Kier alpha value is -4.03. The van der Waals surface area contributed by atoms with Gasteiger partial charge in [-0.1, -0.05) is 6.07 Å². The smallest absolute Gasteiger partial charge is 0.298 e. The van der Waals surface area contributed by atoms with E-state index in [1.807, 2.05) is 37.2 Å². The number of aromatic nitrogens is 5. The van der Waals surface area contributed by atoms with Crippen LogP contribution in [0.4, 0.5) is 17.5 Å². The van der Waals surface area contributed by atoms with Crippen molar-refractivity contribution in [2.24, 2.45) is 12.8 Å². The van der Waals surface area contributed by atoms with Gasteiger partial charge in [0.25, 0.3) is 11.9 Å². The van der Waals surface area contributed by atoms with Crippen LogP contribution in [0.25, 0.3) is 11.1 Å². The van der Waals surface area contributed by atoms with Crippen molar-refractivity contribution >= 4 is 34.5 Å². The zero-order chi connectivity index (χ0) is 25.4. The van der Waals surface area contributed by atoms with Crippen LogP contribution in [0.5, 0.6) is 0 Å². The van der Waals surface area contributed by atoms with Gasteiger partial charge < -0.3 is 25.5 Å². The predicted octanol–water partition coefficient (Wildman–Crippen LogP) is 1.61. The molecule has 4 N–H and O–H groups in total. The van der Waals surface area contributed by atoms with E-state index >= 15 is 0 Å². The van der Waals surface area contributed by atoms with E-state index in [4.69, 9.17) is 10.2 Å². The van der Waals surface area contributed by atoms with Gasteiger partial charge in [0.2, 0.25) is 0 Å². The van der Waals surface area contributed by atoms with Gasteiger partial charge in [-0.25, -0.2) is 9.97 Å². The van der Waals surface area contributed by atoms with E-state index in [-0.39, 0.29) is 11.6 Å². The Labute approximate surface area is 207 Å². The average molecular weight is 492 g/mol. The highest BCUT2D eigenvalue weighted by atomic mass is 16.4. The van der Waals surface area contributed by atoms with E-state index in [2.05, 4.69) is 25.4 Å². The van der Waals surface area contributed by atoms with E-state index in [1.165, 1.54) is 0 Å². The van der Waals surface area contributed by atoms with Crippen LogP contribution in [0.2, 0.25) is 0 Å². The van der Waals surface area contributed by atoms with Crippen LogP contribution in [0, 0.1) is 0 Å². The van der Waals surface area contributed by atoms with Crippen molar-refractivity contribution in [3.63, 3.8) is 0 Å². The quantitative estimate of drug-likeness (QED) is 0.294. The summed E-state index contributed by atoms with van der Waals surface area (Å²) in [6, 6.07) is 6.47.